The van der Waals surface area contributed by atoms with E-state index in [0.717, 1.165) is 17.9 Å². The zero-order chi connectivity index (χ0) is 20.8. The van der Waals surface area contributed by atoms with Gasteiger partial charge in [0, 0.05) is 18.7 Å². The van der Waals surface area contributed by atoms with E-state index in [0.29, 0.717) is 23.2 Å². The van der Waals surface area contributed by atoms with Crippen LogP contribution in [0, 0.1) is 11.7 Å². The second kappa shape index (κ2) is 9.89. The van der Waals surface area contributed by atoms with Gasteiger partial charge in [-0.2, -0.15) is 0 Å². The highest BCUT2D eigenvalue weighted by molar-refractivity contribution is 7.99. The standard InChI is InChI=1S/C21H22ClFN4OS/c1-14(2)12-27-19(10-15-6-4-3-5-7-15)25-26-21(27)29-13-20(28)24-16-8-9-18(23)17(22)11-16/h3-9,11,14H,10,12-13H2,1-2H3,(H,24,28). The molecule has 1 N–H and O–H groups in total. The van der Waals surface area contributed by atoms with Gasteiger partial charge in [0.25, 0.3) is 0 Å². The second-order valence-corrected chi connectivity index (χ2v) is 8.38. The molecule has 8 heteroatoms. The third-order valence-corrected chi connectivity index (χ3v) is 5.34. The minimum Gasteiger partial charge on any atom is -0.325 e. The molecule has 152 valence electrons. The van der Waals surface area contributed by atoms with Crippen molar-refractivity contribution in [3.63, 3.8) is 0 Å². The van der Waals surface area contributed by atoms with Crippen LogP contribution < -0.4 is 5.32 Å². The predicted octanol–water partition coefficient (Wildman–Crippen LogP) is 5.05. The van der Waals surface area contributed by atoms with E-state index in [9.17, 15) is 9.18 Å². The topological polar surface area (TPSA) is 59.8 Å². The van der Waals surface area contributed by atoms with E-state index in [1.54, 1.807) is 0 Å². The summed E-state index contributed by atoms with van der Waals surface area (Å²) in [5.74, 6) is 0.706. The lowest BCUT2D eigenvalue weighted by Crippen LogP contribution is -2.15. The lowest BCUT2D eigenvalue weighted by Gasteiger charge is -2.12. The SMILES string of the molecule is CC(C)Cn1c(Cc2ccccc2)nnc1SCC(=O)Nc1ccc(F)c(Cl)c1. The van der Waals surface area contributed by atoms with Crippen molar-refractivity contribution in [3.8, 4) is 0 Å². The molecular formula is C21H22ClFN4OS. The predicted molar refractivity (Wildman–Crippen MR) is 115 cm³/mol. The van der Waals surface area contributed by atoms with Crippen molar-refractivity contribution in [3.05, 3.63) is 70.8 Å². The van der Waals surface area contributed by atoms with Crippen molar-refractivity contribution in [2.75, 3.05) is 11.1 Å². The molecule has 1 aromatic heterocycles. The average Bonchev–Trinajstić information content (AvgIpc) is 3.05. The smallest absolute Gasteiger partial charge is 0.234 e. The minimum atomic E-state index is -0.522. The molecule has 0 saturated carbocycles. The van der Waals surface area contributed by atoms with Gasteiger partial charge in [-0.1, -0.05) is 67.5 Å². The first-order chi connectivity index (χ1) is 13.9. The molecule has 3 rings (SSSR count). The highest BCUT2D eigenvalue weighted by Gasteiger charge is 2.16. The number of aromatic nitrogens is 3. The summed E-state index contributed by atoms with van der Waals surface area (Å²) in [6.45, 7) is 5.03. The molecule has 0 spiro atoms. The molecule has 1 amide bonds. The van der Waals surface area contributed by atoms with E-state index in [2.05, 4.69) is 46.1 Å². The van der Waals surface area contributed by atoms with Gasteiger partial charge in [0.1, 0.15) is 11.6 Å². The molecule has 0 bridgehead atoms. The first kappa shape index (κ1) is 21.3. The van der Waals surface area contributed by atoms with E-state index in [4.69, 9.17) is 11.6 Å². The van der Waals surface area contributed by atoms with E-state index in [-0.39, 0.29) is 16.7 Å². The Labute approximate surface area is 178 Å². The number of hydrogen-bond acceptors (Lipinski definition) is 4. The van der Waals surface area contributed by atoms with Crippen LogP contribution in [0.25, 0.3) is 0 Å². The van der Waals surface area contributed by atoms with Gasteiger partial charge in [-0.25, -0.2) is 4.39 Å². The Balaban J connectivity index is 1.67. The zero-order valence-corrected chi connectivity index (χ0v) is 17.8. The molecule has 0 saturated heterocycles. The number of carbonyl (C=O) groups is 1. The van der Waals surface area contributed by atoms with Gasteiger partial charge in [0.15, 0.2) is 5.16 Å². The highest BCUT2D eigenvalue weighted by Crippen LogP contribution is 2.22. The average molecular weight is 433 g/mol. The maximum atomic E-state index is 13.2. The quantitative estimate of drug-likeness (QED) is 0.506. The number of amides is 1. The van der Waals surface area contributed by atoms with E-state index >= 15 is 0 Å². The number of hydrogen-bond donors (Lipinski definition) is 1. The monoisotopic (exact) mass is 432 g/mol. The Hall–Kier alpha value is -2.38. The van der Waals surface area contributed by atoms with Crippen LogP contribution in [0.15, 0.2) is 53.7 Å². The molecule has 3 aromatic rings. The Bertz CT molecular complexity index is 978. The fourth-order valence-corrected chi connectivity index (χ4v) is 3.73. The summed E-state index contributed by atoms with van der Waals surface area (Å²) in [6, 6.07) is 14.2. The van der Waals surface area contributed by atoms with Crippen molar-refractivity contribution in [2.45, 2.75) is 32.0 Å². The molecule has 29 heavy (non-hydrogen) atoms. The van der Waals surface area contributed by atoms with Crippen LogP contribution in [0.2, 0.25) is 5.02 Å². The molecule has 5 nitrogen and oxygen atoms in total. The molecule has 0 radical (unpaired) electrons. The number of halogens is 2. The van der Waals surface area contributed by atoms with E-state index < -0.39 is 5.82 Å². The zero-order valence-electron chi connectivity index (χ0n) is 16.2. The van der Waals surface area contributed by atoms with Gasteiger partial charge in [-0.3, -0.25) is 4.79 Å². The first-order valence-corrected chi connectivity index (χ1v) is 10.6. The first-order valence-electron chi connectivity index (χ1n) is 9.26. The number of nitrogens with one attached hydrogen (secondary N) is 1. The summed E-state index contributed by atoms with van der Waals surface area (Å²) in [7, 11) is 0. The lowest BCUT2D eigenvalue weighted by atomic mass is 10.1. The number of anilines is 1. The van der Waals surface area contributed by atoms with Crippen molar-refractivity contribution in [1.29, 1.82) is 0 Å². The van der Waals surface area contributed by atoms with Gasteiger partial charge in [0.05, 0.1) is 10.8 Å². The summed E-state index contributed by atoms with van der Waals surface area (Å²) in [5, 5.41) is 12.0. The fourth-order valence-electron chi connectivity index (χ4n) is 2.78. The Morgan fingerprint density at radius 3 is 2.66 bits per heavy atom. The fraction of sp³-hybridized carbons (Fsp3) is 0.286. The molecule has 0 atom stereocenters. The van der Waals surface area contributed by atoms with E-state index in [1.807, 2.05) is 18.2 Å². The third kappa shape index (κ3) is 6.05. The third-order valence-electron chi connectivity index (χ3n) is 4.08. The Morgan fingerprint density at radius 1 is 1.21 bits per heavy atom. The van der Waals surface area contributed by atoms with Crippen molar-refractivity contribution < 1.29 is 9.18 Å². The minimum absolute atomic E-state index is 0.0299. The Kier molecular flexibility index (Phi) is 7.28. The van der Waals surface area contributed by atoms with Crippen LogP contribution >= 0.6 is 23.4 Å². The summed E-state index contributed by atoms with van der Waals surface area (Å²) < 4.78 is 15.3. The van der Waals surface area contributed by atoms with Gasteiger partial charge in [0.2, 0.25) is 5.91 Å². The van der Waals surface area contributed by atoms with Crippen LogP contribution in [0.4, 0.5) is 10.1 Å². The number of benzene rings is 2. The molecule has 1 heterocycles. The van der Waals surface area contributed by atoms with Gasteiger partial charge < -0.3 is 9.88 Å². The van der Waals surface area contributed by atoms with Crippen LogP contribution in [0.3, 0.4) is 0 Å². The van der Waals surface area contributed by atoms with Crippen molar-refractivity contribution >= 4 is 35.0 Å². The maximum Gasteiger partial charge on any atom is 0.234 e. The number of carbonyl (C=O) groups excluding carboxylic acids is 1. The number of thioether (sulfide) groups is 1. The van der Waals surface area contributed by atoms with Gasteiger partial charge >= 0.3 is 0 Å². The largest absolute Gasteiger partial charge is 0.325 e. The molecule has 0 unspecified atom stereocenters. The number of rotatable bonds is 8. The summed E-state index contributed by atoms with van der Waals surface area (Å²) in [5.41, 5.74) is 1.61. The molecular weight excluding hydrogens is 411 g/mol. The summed E-state index contributed by atoms with van der Waals surface area (Å²) in [6.07, 6.45) is 0.682. The number of nitrogens with zero attached hydrogens (tertiary/aromatic N) is 3. The summed E-state index contributed by atoms with van der Waals surface area (Å²) in [4.78, 5) is 12.3. The van der Waals surface area contributed by atoms with Gasteiger partial charge in [-0.15, -0.1) is 10.2 Å². The maximum absolute atomic E-state index is 13.2. The Morgan fingerprint density at radius 2 is 1.97 bits per heavy atom. The van der Waals surface area contributed by atoms with E-state index in [1.165, 1.54) is 30.0 Å². The van der Waals surface area contributed by atoms with Crippen LogP contribution in [0.1, 0.15) is 25.2 Å². The summed E-state index contributed by atoms with van der Waals surface area (Å²) >= 11 is 7.08. The molecule has 0 aliphatic rings. The van der Waals surface area contributed by atoms with Crippen molar-refractivity contribution in [2.24, 2.45) is 5.92 Å². The van der Waals surface area contributed by atoms with Crippen LogP contribution in [-0.4, -0.2) is 26.4 Å². The highest BCUT2D eigenvalue weighted by atomic mass is 35.5. The molecule has 2 aromatic carbocycles. The molecule has 0 fully saturated rings. The van der Waals surface area contributed by atoms with Crippen molar-refractivity contribution in [1.82, 2.24) is 14.8 Å². The normalized spacial score (nSPS) is 11.1. The lowest BCUT2D eigenvalue weighted by molar-refractivity contribution is -0.113. The molecule has 0 aliphatic heterocycles. The molecule has 0 aliphatic carbocycles. The van der Waals surface area contributed by atoms with Crippen LogP contribution in [-0.2, 0) is 17.8 Å². The van der Waals surface area contributed by atoms with Crippen LogP contribution in [0.5, 0.6) is 0 Å². The van der Waals surface area contributed by atoms with Gasteiger partial charge in [-0.05, 0) is 29.7 Å². The second-order valence-electron chi connectivity index (χ2n) is 7.03.